The number of benzene rings is 1. The lowest BCUT2D eigenvalue weighted by atomic mass is 10.1. The van der Waals surface area contributed by atoms with Crippen LogP contribution in [0, 0.1) is 10.1 Å². The number of rotatable bonds is 5. The Morgan fingerprint density at radius 2 is 1.83 bits per heavy atom. The van der Waals surface area contributed by atoms with Gasteiger partial charge in [-0.25, -0.2) is 0 Å². The summed E-state index contributed by atoms with van der Waals surface area (Å²) in [6.07, 6.45) is 2.26. The van der Waals surface area contributed by atoms with Crippen LogP contribution in [0.5, 0.6) is 11.5 Å². The molecule has 0 bridgehead atoms. The first-order chi connectivity index (χ1) is 8.53. The topological polar surface area (TPSA) is 61.6 Å². The quantitative estimate of drug-likeness (QED) is 0.596. The van der Waals surface area contributed by atoms with Crippen LogP contribution in [0.3, 0.4) is 0 Å². The van der Waals surface area contributed by atoms with Gasteiger partial charge in [-0.15, -0.1) is 0 Å². The summed E-state index contributed by atoms with van der Waals surface area (Å²) >= 11 is 0. The standard InChI is InChI=1S/C13H17NO4/c1-5-11-12(17-3)7-10(8-13(11)18-4)6-9(2)14(15)16/h6-8H,5H2,1-4H3. The second-order valence-corrected chi connectivity index (χ2v) is 3.80. The smallest absolute Gasteiger partial charge is 0.243 e. The van der Waals surface area contributed by atoms with Crippen molar-refractivity contribution >= 4 is 6.08 Å². The van der Waals surface area contributed by atoms with E-state index in [0.717, 1.165) is 12.0 Å². The van der Waals surface area contributed by atoms with Gasteiger partial charge in [0.15, 0.2) is 0 Å². The first-order valence-corrected chi connectivity index (χ1v) is 5.61. The van der Waals surface area contributed by atoms with Crippen LogP contribution >= 0.6 is 0 Å². The van der Waals surface area contributed by atoms with Crippen molar-refractivity contribution in [2.24, 2.45) is 0 Å². The van der Waals surface area contributed by atoms with Gasteiger partial charge in [-0.1, -0.05) is 6.92 Å². The van der Waals surface area contributed by atoms with Crippen molar-refractivity contribution in [2.45, 2.75) is 20.3 Å². The van der Waals surface area contributed by atoms with E-state index in [1.54, 1.807) is 26.4 Å². The Labute approximate surface area is 106 Å². The molecule has 5 heteroatoms. The molecule has 0 N–H and O–H groups in total. The predicted molar refractivity (Wildman–Crippen MR) is 69.6 cm³/mol. The average molecular weight is 251 g/mol. The normalized spacial score (nSPS) is 11.2. The zero-order valence-corrected chi connectivity index (χ0v) is 11.0. The molecule has 1 aromatic carbocycles. The average Bonchev–Trinajstić information content (AvgIpc) is 2.37. The Bertz CT molecular complexity index is 455. The summed E-state index contributed by atoms with van der Waals surface area (Å²) in [7, 11) is 3.14. The molecule has 1 rings (SSSR count). The number of ether oxygens (including phenoxy) is 2. The van der Waals surface area contributed by atoms with Crippen LogP contribution in [0.4, 0.5) is 0 Å². The highest BCUT2D eigenvalue weighted by molar-refractivity contribution is 5.59. The third-order valence-electron chi connectivity index (χ3n) is 2.65. The number of allylic oxidation sites excluding steroid dienone is 1. The minimum atomic E-state index is -0.424. The van der Waals surface area contributed by atoms with Crippen molar-refractivity contribution in [3.05, 3.63) is 39.1 Å². The van der Waals surface area contributed by atoms with Crippen LogP contribution in [0.25, 0.3) is 6.08 Å². The van der Waals surface area contributed by atoms with E-state index in [0.29, 0.717) is 17.1 Å². The van der Waals surface area contributed by atoms with Gasteiger partial charge in [0.25, 0.3) is 0 Å². The highest BCUT2D eigenvalue weighted by Gasteiger charge is 2.11. The van der Waals surface area contributed by atoms with Gasteiger partial charge in [0.05, 0.1) is 19.1 Å². The molecule has 5 nitrogen and oxygen atoms in total. The fraction of sp³-hybridized carbons (Fsp3) is 0.385. The molecule has 98 valence electrons. The van der Waals surface area contributed by atoms with E-state index in [2.05, 4.69) is 0 Å². The second kappa shape index (κ2) is 6.05. The number of hydrogen-bond donors (Lipinski definition) is 0. The van der Waals surface area contributed by atoms with Gasteiger partial charge < -0.3 is 9.47 Å². The van der Waals surface area contributed by atoms with Crippen molar-refractivity contribution in [1.29, 1.82) is 0 Å². The van der Waals surface area contributed by atoms with Crippen molar-refractivity contribution in [1.82, 2.24) is 0 Å². The second-order valence-electron chi connectivity index (χ2n) is 3.80. The highest BCUT2D eigenvalue weighted by Crippen LogP contribution is 2.31. The number of hydrogen-bond acceptors (Lipinski definition) is 4. The third kappa shape index (κ3) is 3.00. The Morgan fingerprint density at radius 1 is 1.33 bits per heavy atom. The molecule has 0 aliphatic heterocycles. The highest BCUT2D eigenvalue weighted by atomic mass is 16.6. The molecule has 0 aliphatic rings. The summed E-state index contributed by atoms with van der Waals surface area (Å²) in [5.41, 5.74) is 1.72. The summed E-state index contributed by atoms with van der Waals surface area (Å²) in [6, 6.07) is 3.54. The van der Waals surface area contributed by atoms with Gasteiger partial charge in [0, 0.05) is 18.6 Å². The van der Waals surface area contributed by atoms with Crippen LogP contribution in [0.1, 0.15) is 25.0 Å². The van der Waals surface area contributed by atoms with Crippen molar-refractivity contribution in [3.8, 4) is 11.5 Å². The van der Waals surface area contributed by atoms with E-state index in [4.69, 9.17) is 9.47 Å². The molecule has 0 atom stereocenters. The summed E-state index contributed by atoms with van der Waals surface area (Å²) in [5, 5.41) is 10.6. The van der Waals surface area contributed by atoms with Gasteiger partial charge in [0.2, 0.25) is 5.70 Å². The fourth-order valence-corrected chi connectivity index (χ4v) is 1.73. The maximum Gasteiger partial charge on any atom is 0.243 e. The molecular formula is C13H17NO4. The Kier molecular flexibility index (Phi) is 4.71. The van der Waals surface area contributed by atoms with Crippen LogP contribution in [-0.2, 0) is 6.42 Å². The molecule has 18 heavy (non-hydrogen) atoms. The molecule has 0 spiro atoms. The van der Waals surface area contributed by atoms with Crippen LogP contribution in [0.15, 0.2) is 17.8 Å². The van der Waals surface area contributed by atoms with Crippen LogP contribution < -0.4 is 9.47 Å². The summed E-state index contributed by atoms with van der Waals surface area (Å²) in [6.45, 7) is 3.45. The Morgan fingerprint density at radius 3 is 2.17 bits per heavy atom. The molecule has 0 radical (unpaired) electrons. The minimum absolute atomic E-state index is 0.0726. The largest absolute Gasteiger partial charge is 0.496 e. The van der Waals surface area contributed by atoms with Crippen molar-refractivity contribution < 1.29 is 14.4 Å². The summed E-state index contributed by atoms with van der Waals surface area (Å²) in [4.78, 5) is 10.2. The van der Waals surface area contributed by atoms with Gasteiger partial charge in [0.1, 0.15) is 11.5 Å². The molecule has 0 unspecified atom stereocenters. The molecule has 0 saturated carbocycles. The van der Waals surface area contributed by atoms with E-state index in [1.807, 2.05) is 6.92 Å². The molecule has 0 saturated heterocycles. The maximum atomic E-state index is 10.6. The van der Waals surface area contributed by atoms with E-state index in [1.165, 1.54) is 13.0 Å². The van der Waals surface area contributed by atoms with Gasteiger partial charge in [-0.2, -0.15) is 0 Å². The molecule has 1 aromatic rings. The van der Waals surface area contributed by atoms with Gasteiger partial charge in [-0.3, -0.25) is 10.1 Å². The number of nitro groups is 1. The Balaban J connectivity index is 3.32. The van der Waals surface area contributed by atoms with Crippen molar-refractivity contribution in [2.75, 3.05) is 14.2 Å². The third-order valence-corrected chi connectivity index (χ3v) is 2.65. The predicted octanol–water partition coefficient (Wildman–Crippen LogP) is 2.90. The van der Waals surface area contributed by atoms with Gasteiger partial charge in [-0.05, 0) is 24.1 Å². The fourth-order valence-electron chi connectivity index (χ4n) is 1.73. The van der Waals surface area contributed by atoms with E-state index in [-0.39, 0.29) is 5.70 Å². The maximum absolute atomic E-state index is 10.6. The van der Waals surface area contributed by atoms with E-state index >= 15 is 0 Å². The zero-order chi connectivity index (χ0) is 13.7. The Hall–Kier alpha value is -2.04. The SMILES string of the molecule is CCc1c(OC)cc(C=C(C)[N+](=O)[O-])cc1OC. The monoisotopic (exact) mass is 251 g/mol. The minimum Gasteiger partial charge on any atom is -0.496 e. The molecule has 0 fully saturated rings. The summed E-state index contributed by atoms with van der Waals surface area (Å²) in [5.74, 6) is 1.36. The van der Waals surface area contributed by atoms with Crippen LogP contribution in [-0.4, -0.2) is 19.1 Å². The zero-order valence-electron chi connectivity index (χ0n) is 11.0. The van der Waals surface area contributed by atoms with E-state index in [9.17, 15) is 10.1 Å². The first kappa shape index (κ1) is 14.0. The summed E-state index contributed by atoms with van der Waals surface area (Å²) < 4.78 is 10.6. The van der Waals surface area contributed by atoms with Crippen molar-refractivity contribution in [3.63, 3.8) is 0 Å². The number of nitrogens with zero attached hydrogens (tertiary/aromatic N) is 1. The molecule has 0 heterocycles. The lowest BCUT2D eigenvalue weighted by molar-refractivity contribution is -0.422. The number of methoxy groups -OCH3 is 2. The van der Waals surface area contributed by atoms with Gasteiger partial charge >= 0.3 is 0 Å². The lowest BCUT2D eigenvalue weighted by Crippen LogP contribution is -1.98. The first-order valence-electron chi connectivity index (χ1n) is 5.61. The lowest BCUT2D eigenvalue weighted by Gasteiger charge is -2.12. The molecule has 0 amide bonds. The molecule has 0 aliphatic carbocycles. The van der Waals surface area contributed by atoms with Crippen LogP contribution in [0.2, 0.25) is 0 Å². The molecule has 0 aromatic heterocycles. The molecular weight excluding hydrogens is 234 g/mol. The van der Waals surface area contributed by atoms with E-state index < -0.39 is 4.92 Å².